The van der Waals surface area contributed by atoms with Gasteiger partial charge in [0, 0.05) is 12.0 Å². The van der Waals surface area contributed by atoms with E-state index >= 15 is 0 Å². The Morgan fingerprint density at radius 3 is 2.33 bits per heavy atom. The number of carbonyl (C=O) groups excluding carboxylic acids is 1. The first kappa shape index (κ1) is 19.7. The van der Waals surface area contributed by atoms with E-state index in [-0.39, 0.29) is 11.7 Å². The Morgan fingerprint density at radius 1 is 0.867 bits per heavy atom. The zero-order valence-corrected chi connectivity index (χ0v) is 17.0. The molecule has 30 heavy (non-hydrogen) atoms. The Bertz CT molecular complexity index is 1150. The highest BCUT2D eigenvalue weighted by Gasteiger charge is 2.22. The Balaban J connectivity index is 1.68. The fourth-order valence-electron chi connectivity index (χ4n) is 3.80. The number of fused-ring (bicyclic) bond motifs is 1. The van der Waals surface area contributed by atoms with Crippen LogP contribution in [0.3, 0.4) is 0 Å². The molecule has 1 amide bonds. The summed E-state index contributed by atoms with van der Waals surface area (Å²) in [5.74, 6) is 0.138. The number of carbonyl (C=O) groups is 1. The highest BCUT2D eigenvalue weighted by Crippen LogP contribution is 2.36. The summed E-state index contributed by atoms with van der Waals surface area (Å²) in [4.78, 5) is 12.9. The minimum Gasteiger partial charge on any atom is -0.508 e. The highest BCUT2D eigenvalue weighted by molar-refractivity contribution is 5.89. The van der Waals surface area contributed by atoms with Gasteiger partial charge in [0.15, 0.2) is 0 Å². The third-order valence-electron chi connectivity index (χ3n) is 5.44. The lowest BCUT2D eigenvalue weighted by molar-refractivity contribution is -0.121. The summed E-state index contributed by atoms with van der Waals surface area (Å²) < 4.78 is 0. The number of aromatic hydroxyl groups is 1. The molecule has 0 aromatic heterocycles. The van der Waals surface area contributed by atoms with E-state index in [9.17, 15) is 9.90 Å². The average molecular weight is 396 g/mol. The lowest BCUT2D eigenvalue weighted by Gasteiger charge is -2.23. The zero-order valence-electron chi connectivity index (χ0n) is 17.0. The molecule has 1 atom stereocenters. The fourth-order valence-corrected chi connectivity index (χ4v) is 3.80. The van der Waals surface area contributed by atoms with Gasteiger partial charge in [-0.15, -0.1) is 0 Å². The fraction of sp³-hybridized carbons (Fsp3) is 0.148. The Hall–Kier alpha value is -3.59. The zero-order chi connectivity index (χ0) is 20.9. The minimum absolute atomic E-state index is 0.0447. The Morgan fingerprint density at radius 2 is 1.57 bits per heavy atom. The highest BCUT2D eigenvalue weighted by atomic mass is 16.3. The molecule has 3 nitrogen and oxygen atoms in total. The van der Waals surface area contributed by atoms with E-state index in [1.165, 1.54) is 0 Å². The van der Waals surface area contributed by atoms with Crippen molar-refractivity contribution < 1.29 is 9.90 Å². The van der Waals surface area contributed by atoms with Gasteiger partial charge in [-0.25, -0.2) is 0 Å². The summed E-state index contributed by atoms with van der Waals surface area (Å²) in [6, 6.07) is 29.2. The van der Waals surface area contributed by atoms with Crippen LogP contribution in [0.4, 0.5) is 0 Å². The number of aryl methyl sites for hydroxylation is 2. The quantitative estimate of drug-likeness (QED) is 0.440. The molecule has 4 aromatic carbocycles. The normalized spacial score (nSPS) is 11.9. The second-order valence-electron chi connectivity index (χ2n) is 7.62. The van der Waals surface area contributed by atoms with Gasteiger partial charge in [0.1, 0.15) is 5.75 Å². The van der Waals surface area contributed by atoms with Crippen LogP contribution in [-0.2, 0) is 11.2 Å². The van der Waals surface area contributed by atoms with Crippen molar-refractivity contribution in [1.29, 1.82) is 0 Å². The molecule has 0 saturated heterocycles. The van der Waals surface area contributed by atoms with Gasteiger partial charge in [-0.1, -0.05) is 90.5 Å². The Labute approximate surface area is 177 Å². The smallest absolute Gasteiger partial charge is 0.221 e. The average Bonchev–Trinajstić information content (AvgIpc) is 2.78. The molecular weight excluding hydrogens is 370 g/mol. The molecule has 0 fully saturated rings. The summed E-state index contributed by atoms with van der Waals surface area (Å²) in [5.41, 5.74) is 3.95. The molecule has 4 rings (SSSR count). The number of hydrogen-bond donors (Lipinski definition) is 2. The van der Waals surface area contributed by atoms with Gasteiger partial charge in [0.2, 0.25) is 5.91 Å². The molecule has 0 radical (unpaired) electrons. The van der Waals surface area contributed by atoms with E-state index in [1.54, 1.807) is 6.07 Å². The largest absolute Gasteiger partial charge is 0.508 e. The first-order valence-corrected chi connectivity index (χ1v) is 10.2. The van der Waals surface area contributed by atoms with Crippen LogP contribution in [0.15, 0.2) is 91.0 Å². The van der Waals surface area contributed by atoms with Crippen molar-refractivity contribution in [1.82, 2.24) is 5.32 Å². The molecule has 4 aromatic rings. The van der Waals surface area contributed by atoms with Gasteiger partial charge in [-0.05, 0) is 41.3 Å². The van der Waals surface area contributed by atoms with Crippen LogP contribution in [0.2, 0.25) is 0 Å². The number of hydrogen-bond acceptors (Lipinski definition) is 2. The van der Waals surface area contributed by atoms with Crippen molar-refractivity contribution in [2.75, 3.05) is 0 Å². The number of amides is 1. The molecular formula is C27H25NO2. The van der Waals surface area contributed by atoms with Crippen molar-refractivity contribution in [2.45, 2.75) is 25.8 Å². The topological polar surface area (TPSA) is 49.3 Å². The number of rotatable bonds is 6. The monoisotopic (exact) mass is 395 g/mol. The molecule has 0 bridgehead atoms. The number of benzene rings is 4. The molecule has 0 aliphatic heterocycles. The summed E-state index contributed by atoms with van der Waals surface area (Å²) in [6.45, 7) is 2.03. The van der Waals surface area contributed by atoms with Crippen molar-refractivity contribution in [3.05, 3.63) is 113 Å². The van der Waals surface area contributed by atoms with Crippen LogP contribution in [0.5, 0.6) is 5.75 Å². The maximum Gasteiger partial charge on any atom is 0.221 e. The predicted octanol–water partition coefficient (Wildman–Crippen LogP) is 5.69. The van der Waals surface area contributed by atoms with E-state index in [4.69, 9.17) is 0 Å². The lowest BCUT2D eigenvalue weighted by Crippen LogP contribution is -2.29. The van der Waals surface area contributed by atoms with Gasteiger partial charge in [-0.3, -0.25) is 4.79 Å². The van der Waals surface area contributed by atoms with Crippen LogP contribution in [0, 0.1) is 6.92 Å². The summed E-state index contributed by atoms with van der Waals surface area (Å²) >= 11 is 0. The van der Waals surface area contributed by atoms with Crippen LogP contribution in [0.1, 0.15) is 34.7 Å². The van der Waals surface area contributed by atoms with Crippen LogP contribution in [-0.4, -0.2) is 11.0 Å². The van der Waals surface area contributed by atoms with Gasteiger partial charge in [-0.2, -0.15) is 0 Å². The first-order valence-electron chi connectivity index (χ1n) is 10.2. The molecule has 3 heteroatoms. The molecule has 0 spiro atoms. The van der Waals surface area contributed by atoms with E-state index in [0.29, 0.717) is 12.8 Å². The van der Waals surface area contributed by atoms with E-state index in [1.807, 2.05) is 91.9 Å². The Kier molecular flexibility index (Phi) is 5.80. The van der Waals surface area contributed by atoms with Gasteiger partial charge < -0.3 is 10.4 Å². The number of phenols is 1. The second kappa shape index (κ2) is 8.83. The third-order valence-corrected chi connectivity index (χ3v) is 5.44. The molecule has 0 unspecified atom stereocenters. The summed E-state index contributed by atoms with van der Waals surface area (Å²) in [5, 5.41) is 15.9. The maximum atomic E-state index is 12.9. The molecule has 0 saturated carbocycles. The standard InChI is InChI=1S/C27H25NO2/c1-19-11-14-22(15-12-19)27(28-25(30)18-13-20-7-3-2-4-8-20)26-23-10-6-5-9-21(23)16-17-24(26)29/h2-12,14-17,27,29H,13,18H2,1H3,(H,28,30)/t27-/m0/s1. The molecule has 0 aliphatic carbocycles. The second-order valence-corrected chi connectivity index (χ2v) is 7.62. The molecule has 0 aliphatic rings. The van der Waals surface area contributed by atoms with Crippen molar-refractivity contribution >= 4 is 16.7 Å². The molecule has 0 heterocycles. The maximum absolute atomic E-state index is 12.9. The van der Waals surface area contributed by atoms with E-state index in [0.717, 1.165) is 33.0 Å². The minimum atomic E-state index is -0.431. The number of phenolic OH excluding ortho intramolecular Hbond substituents is 1. The van der Waals surface area contributed by atoms with Gasteiger partial charge >= 0.3 is 0 Å². The third kappa shape index (κ3) is 4.36. The number of nitrogens with one attached hydrogen (secondary N) is 1. The van der Waals surface area contributed by atoms with Gasteiger partial charge in [0.05, 0.1) is 6.04 Å². The molecule has 150 valence electrons. The summed E-state index contributed by atoms with van der Waals surface area (Å²) in [6.07, 6.45) is 1.06. The van der Waals surface area contributed by atoms with Crippen LogP contribution >= 0.6 is 0 Å². The van der Waals surface area contributed by atoms with Crippen molar-refractivity contribution in [3.8, 4) is 5.75 Å². The van der Waals surface area contributed by atoms with Gasteiger partial charge in [0.25, 0.3) is 0 Å². The van der Waals surface area contributed by atoms with Crippen LogP contribution < -0.4 is 5.32 Å². The summed E-state index contributed by atoms with van der Waals surface area (Å²) in [7, 11) is 0. The van der Waals surface area contributed by atoms with E-state index < -0.39 is 6.04 Å². The molecule has 2 N–H and O–H groups in total. The van der Waals surface area contributed by atoms with Crippen LogP contribution in [0.25, 0.3) is 10.8 Å². The lowest BCUT2D eigenvalue weighted by atomic mass is 9.92. The predicted molar refractivity (Wildman–Crippen MR) is 122 cm³/mol. The van der Waals surface area contributed by atoms with Crippen molar-refractivity contribution in [2.24, 2.45) is 0 Å². The van der Waals surface area contributed by atoms with Crippen molar-refractivity contribution in [3.63, 3.8) is 0 Å². The van der Waals surface area contributed by atoms with E-state index in [2.05, 4.69) is 5.32 Å². The first-order chi connectivity index (χ1) is 14.6. The SMILES string of the molecule is Cc1ccc([C@H](NC(=O)CCc2ccccc2)c2c(O)ccc3ccccc23)cc1.